The predicted molar refractivity (Wildman–Crippen MR) is 100 cm³/mol. The molecule has 1 amide bonds. The van der Waals surface area contributed by atoms with Crippen molar-refractivity contribution in [1.29, 1.82) is 0 Å². The molecule has 0 fully saturated rings. The van der Waals surface area contributed by atoms with E-state index in [0.29, 0.717) is 37.9 Å². The molecule has 0 saturated carbocycles. The molecule has 4 rings (SSSR count). The van der Waals surface area contributed by atoms with Crippen molar-refractivity contribution in [3.05, 3.63) is 45.8 Å². The minimum atomic E-state index is 0.00966. The van der Waals surface area contributed by atoms with E-state index >= 15 is 0 Å². The van der Waals surface area contributed by atoms with Crippen LogP contribution in [0.3, 0.4) is 0 Å². The first-order valence-corrected chi connectivity index (χ1v) is 9.59. The number of hydrogen-bond donors (Lipinski definition) is 0. The number of amides is 1. The monoisotopic (exact) mass is 371 g/mol. The molecule has 3 aromatic heterocycles. The van der Waals surface area contributed by atoms with Gasteiger partial charge in [0.15, 0.2) is 0 Å². The van der Waals surface area contributed by atoms with Crippen molar-refractivity contribution in [1.82, 2.24) is 24.0 Å². The Hall–Kier alpha value is -2.48. The summed E-state index contributed by atoms with van der Waals surface area (Å²) in [5.41, 5.74) is 0.00966. The fraction of sp³-hybridized carbons (Fsp3) is 0.444. The van der Waals surface area contributed by atoms with Crippen LogP contribution in [0.5, 0.6) is 0 Å². The van der Waals surface area contributed by atoms with E-state index in [2.05, 4.69) is 9.97 Å². The zero-order valence-corrected chi connectivity index (χ0v) is 15.7. The van der Waals surface area contributed by atoms with Crippen LogP contribution in [0.15, 0.2) is 29.6 Å². The van der Waals surface area contributed by atoms with E-state index in [4.69, 9.17) is 0 Å². The highest BCUT2D eigenvalue weighted by Gasteiger charge is 2.23. The Morgan fingerprint density at radius 3 is 2.96 bits per heavy atom. The molecule has 1 aliphatic rings. The average Bonchev–Trinajstić information content (AvgIpc) is 3.21. The van der Waals surface area contributed by atoms with Crippen LogP contribution >= 0.6 is 11.3 Å². The number of fused-ring (bicyclic) bond motifs is 2. The van der Waals surface area contributed by atoms with Gasteiger partial charge in [-0.25, -0.2) is 9.97 Å². The Balaban J connectivity index is 1.52. The van der Waals surface area contributed by atoms with Crippen LogP contribution in [0.1, 0.15) is 30.1 Å². The second-order valence-electron chi connectivity index (χ2n) is 6.75. The van der Waals surface area contributed by atoms with E-state index in [1.165, 1.54) is 0 Å². The molecule has 3 aromatic rings. The van der Waals surface area contributed by atoms with Crippen LogP contribution in [0.4, 0.5) is 0 Å². The van der Waals surface area contributed by atoms with Gasteiger partial charge in [-0.2, -0.15) is 0 Å². The van der Waals surface area contributed by atoms with Gasteiger partial charge in [0.05, 0.1) is 11.7 Å². The summed E-state index contributed by atoms with van der Waals surface area (Å²) in [4.78, 5) is 37.9. The van der Waals surface area contributed by atoms with Gasteiger partial charge in [-0.15, -0.1) is 11.3 Å². The van der Waals surface area contributed by atoms with Crippen molar-refractivity contribution >= 4 is 27.5 Å². The summed E-state index contributed by atoms with van der Waals surface area (Å²) >= 11 is 1.55. The van der Waals surface area contributed by atoms with Crippen molar-refractivity contribution in [3.63, 3.8) is 0 Å². The maximum Gasteiger partial charge on any atom is 0.262 e. The first-order valence-electron chi connectivity index (χ1n) is 8.78. The zero-order chi connectivity index (χ0) is 18.3. The Morgan fingerprint density at radius 1 is 1.35 bits per heavy atom. The van der Waals surface area contributed by atoms with Crippen LogP contribution in [-0.4, -0.2) is 43.0 Å². The molecule has 1 unspecified atom stereocenters. The molecule has 0 spiro atoms. The number of carbonyl (C=O) groups excluding carboxylic acids is 1. The van der Waals surface area contributed by atoms with Crippen LogP contribution in [0.2, 0.25) is 0 Å². The first kappa shape index (κ1) is 17.0. The van der Waals surface area contributed by atoms with Gasteiger partial charge in [0, 0.05) is 55.8 Å². The van der Waals surface area contributed by atoms with Gasteiger partial charge in [0.25, 0.3) is 5.56 Å². The van der Waals surface area contributed by atoms with Gasteiger partial charge in [-0.3, -0.25) is 14.2 Å². The van der Waals surface area contributed by atoms with Crippen LogP contribution in [0.25, 0.3) is 10.2 Å². The largest absolute Gasteiger partial charge is 0.340 e. The Morgan fingerprint density at radius 2 is 2.19 bits per heavy atom. The third-order valence-electron chi connectivity index (χ3n) is 4.91. The maximum absolute atomic E-state index is 12.8. The number of rotatable bonds is 3. The summed E-state index contributed by atoms with van der Waals surface area (Å²) in [5, 5.41) is 0.685. The van der Waals surface area contributed by atoms with Crippen molar-refractivity contribution in [2.24, 2.45) is 0 Å². The van der Waals surface area contributed by atoms with E-state index in [0.717, 1.165) is 15.5 Å². The normalized spacial score (nSPS) is 15.7. The average molecular weight is 371 g/mol. The summed E-state index contributed by atoms with van der Waals surface area (Å²) in [6, 6.07) is 1.97. The molecule has 0 aromatic carbocycles. The number of aromatic nitrogens is 4. The molecular weight excluding hydrogens is 350 g/mol. The number of imidazole rings is 1. The van der Waals surface area contributed by atoms with Crippen LogP contribution < -0.4 is 5.56 Å². The number of aryl methyl sites for hydroxylation is 1. The number of nitrogens with zero attached hydrogens (tertiary/aromatic N) is 5. The molecule has 0 N–H and O–H groups in total. The Kier molecular flexibility index (Phi) is 4.36. The van der Waals surface area contributed by atoms with Crippen LogP contribution in [0, 0.1) is 6.92 Å². The van der Waals surface area contributed by atoms with Gasteiger partial charge >= 0.3 is 0 Å². The highest BCUT2D eigenvalue weighted by Crippen LogP contribution is 2.21. The summed E-state index contributed by atoms with van der Waals surface area (Å²) < 4.78 is 3.67. The first-order chi connectivity index (χ1) is 12.5. The van der Waals surface area contributed by atoms with E-state index < -0.39 is 0 Å². The molecule has 0 aliphatic carbocycles. The fourth-order valence-electron chi connectivity index (χ4n) is 3.43. The van der Waals surface area contributed by atoms with Gasteiger partial charge in [0.2, 0.25) is 5.91 Å². The number of hydrogen-bond acceptors (Lipinski definition) is 5. The third kappa shape index (κ3) is 3.05. The van der Waals surface area contributed by atoms with Gasteiger partial charge in [0.1, 0.15) is 10.7 Å². The minimum Gasteiger partial charge on any atom is -0.340 e. The highest BCUT2D eigenvalue weighted by atomic mass is 32.1. The minimum absolute atomic E-state index is 0.00966. The second-order valence-corrected chi connectivity index (χ2v) is 7.99. The van der Waals surface area contributed by atoms with Crippen molar-refractivity contribution < 1.29 is 4.79 Å². The van der Waals surface area contributed by atoms with Crippen LogP contribution in [-0.2, 0) is 17.8 Å². The summed E-state index contributed by atoms with van der Waals surface area (Å²) in [7, 11) is 0. The molecule has 0 bridgehead atoms. The van der Waals surface area contributed by atoms with E-state index in [9.17, 15) is 9.59 Å². The lowest BCUT2D eigenvalue weighted by atomic mass is 10.2. The lowest BCUT2D eigenvalue weighted by molar-refractivity contribution is -0.131. The molecule has 26 heavy (non-hydrogen) atoms. The Bertz CT molecular complexity index is 1000. The van der Waals surface area contributed by atoms with E-state index in [1.807, 2.05) is 35.6 Å². The molecule has 1 aliphatic heterocycles. The Labute approximate surface area is 154 Å². The smallest absolute Gasteiger partial charge is 0.262 e. The highest BCUT2D eigenvalue weighted by molar-refractivity contribution is 7.18. The summed E-state index contributed by atoms with van der Waals surface area (Å²) in [6.07, 6.45) is 6.34. The lowest BCUT2D eigenvalue weighted by Crippen LogP contribution is -2.35. The quantitative estimate of drug-likeness (QED) is 0.706. The number of thiophene rings is 1. The molecule has 7 nitrogen and oxygen atoms in total. The van der Waals surface area contributed by atoms with E-state index in [1.54, 1.807) is 28.4 Å². The molecule has 0 radical (unpaired) electrons. The molecular formula is C18H21N5O2S. The maximum atomic E-state index is 12.8. The molecule has 4 heterocycles. The predicted octanol–water partition coefficient (Wildman–Crippen LogP) is 2.00. The SMILES string of the molecule is Cc1cc2c(=O)n3c(nc2s1)CCN(C(=O)CC(C)n1ccnc1)CC3. The van der Waals surface area contributed by atoms with Gasteiger partial charge in [-0.1, -0.05) is 0 Å². The zero-order valence-electron chi connectivity index (χ0n) is 14.9. The topological polar surface area (TPSA) is 73.0 Å². The fourth-order valence-corrected chi connectivity index (χ4v) is 4.32. The summed E-state index contributed by atoms with van der Waals surface area (Å²) in [5.74, 6) is 0.881. The third-order valence-corrected chi connectivity index (χ3v) is 5.85. The van der Waals surface area contributed by atoms with Crippen molar-refractivity contribution in [2.75, 3.05) is 13.1 Å². The molecule has 136 valence electrons. The lowest BCUT2D eigenvalue weighted by Gasteiger charge is -2.22. The molecule has 8 heteroatoms. The van der Waals surface area contributed by atoms with Crippen molar-refractivity contribution in [3.8, 4) is 0 Å². The second kappa shape index (κ2) is 6.68. The standard InChI is InChI=1S/C18H21N5O2S/c1-12(22-6-4-19-11-22)9-16(24)21-5-3-15-20-17-14(10-13(2)26-17)18(25)23(15)8-7-21/h4,6,10-12H,3,5,7-9H2,1-2H3. The molecule has 1 atom stereocenters. The number of carbonyl (C=O) groups is 1. The summed E-state index contributed by atoms with van der Waals surface area (Å²) in [6.45, 7) is 5.63. The van der Waals surface area contributed by atoms with Gasteiger partial charge in [-0.05, 0) is 19.9 Å². The molecule has 0 saturated heterocycles. The van der Waals surface area contributed by atoms with E-state index in [-0.39, 0.29) is 17.5 Å². The van der Waals surface area contributed by atoms with Crippen molar-refractivity contribution in [2.45, 2.75) is 39.3 Å². The van der Waals surface area contributed by atoms with Gasteiger partial charge < -0.3 is 9.47 Å².